The number of benzene rings is 1. The van der Waals surface area contributed by atoms with Gasteiger partial charge in [-0.1, -0.05) is 23.2 Å². The van der Waals surface area contributed by atoms with Crippen molar-refractivity contribution in [3.8, 4) is 0 Å². The molecular weight excluding hydrogens is 221 g/mol. The lowest BCUT2D eigenvalue weighted by molar-refractivity contribution is 0.550. The Balaban J connectivity index is 2.58. The van der Waals surface area contributed by atoms with E-state index >= 15 is 0 Å². The van der Waals surface area contributed by atoms with Gasteiger partial charge in [0, 0.05) is 16.8 Å². The summed E-state index contributed by atoms with van der Waals surface area (Å²) in [6.45, 7) is 0.561. The molecule has 0 radical (unpaired) electrons. The van der Waals surface area contributed by atoms with Crippen molar-refractivity contribution in [1.82, 2.24) is 0 Å². The average Bonchev–Trinajstić information content (AvgIpc) is 2.48. The lowest BCUT2D eigenvalue weighted by atomic mass is 10.2. The molecule has 1 aromatic carbocycles. The molecule has 2 rings (SSSR count). The minimum Gasteiger partial charge on any atom is -0.459 e. The van der Waals surface area contributed by atoms with E-state index in [1.807, 2.05) is 12.1 Å². The molecule has 2 nitrogen and oxygen atoms in total. The molecule has 0 saturated carbocycles. The van der Waals surface area contributed by atoms with Gasteiger partial charge in [-0.3, -0.25) is 0 Å². The normalized spacial score (nSPS) is 11.1. The molecule has 2 aromatic rings. The van der Waals surface area contributed by atoms with Crippen molar-refractivity contribution < 1.29 is 4.42 Å². The Hall–Kier alpha value is -0.700. The second-order valence-corrected chi connectivity index (χ2v) is 3.90. The molecule has 14 heavy (non-hydrogen) atoms. The first-order chi connectivity index (χ1) is 6.70. The summed E-state index contributed by atoms with van der Waals surface area (Å²) in [7, 11) is 0. The van der Waals surface area contributed by atoms with Crippen LogP contribution in [-0.2, 0) is 6.42 Å². The Labute approximate surface area is 91.6 Å². The molecule has 0 saturated heterocycles. The standard InChI is InChI=1S/C10H9Cl2NO/c11-7-3-6-4-8(1-2-13)14-10(6)9(12)5-7/h3-5H,1-2,13H2. The molecule has 1 heterocycles. The van der Waals surface area contributed by atoms with Crippen LogP contribution in [0.3, 0.4) is 0 Å². The number of hydrogen-bond acceptors (Lipinski definition) is 2. The average molecular weight is 230 g/mol. The largest absolute Gasteiger partial charge is 0.459 e. The molecule has 1 aromatic heterocycles. The molecule has 0 unspecified atom stereocenters. The topological polar surface area (TPSA) is 39.2 Å². The molecule has 0 aliphatic carbocycles. The number of hydrogen-bond donors (Lipinski definition) is 1. The quantitative estimate of drug-likeness (QED) is 0.859. The van der Waals surface area contributed by atoms with E-state index in [0.717, 1.165) is 11.1 Å². The zero-order valence-electron chi connectivity index (χ0n) is 7.39. The van der Waals surface area contributed by atoms with Crippen LogP contribution < -0.4 is 5.73 Å². The molecule has 0 aliphatic rings. The Morgan fingerprint density at radius 2 is 2.00 bits per heavy atom. The van der Waals surface area contributed by atoms with Gasteiger partial charge in [0.25, 0.3) is 0 Å². The fraction of sp³-hybridized carbons (Fsp3) is 0.200. The first kappa shape index (κ1) is 9.84. The van der Waals surface area contributed by atoms with Crippen LogP contribution in [0.1, 0.15) is 5.76 Å². The smallest absolute Gasteiger partial charge is 0.152 e. The van der Waals surface area contributed by atoms with Crippen molar-refractivity contribution in [2.45, 2.75) is 6.42 Å². The molecule has 0 amide bonds. The van der Waals surface area contributed by atoms with Gasteiger partial charge in [-0.05, 0) is 24.7 Å². The zero-order chi connectivity index (χ0) is 10.1. The third kappa shape index (κ3) is 1.73. The summed E-state index contributed by atoms with van der Waals surface area (Å²) < 4.78 is 5.52. The van der Waals surface area contributed by atoms with Crippen LogP contribution in [0.5, 0.6) is 0 Å². The first-order valence-corrected chi connectivity index (χ1v) is 5.04. The van der Waals surface area contributed by atoms with E-state index in [9.17, 15) is 0 Å². The highest BCUT2D eigenvalue weighted by Gasteiger charge is 2.07. The van der Waals surface area contributed by atoms with Crippen LogP contribution in [0.15, 0.2) is 22.6 Å². The summed E-state index contributed by atoms with van der Waals surface area (Å²) in [4.78, 5) is 0. The summed E-state index contributed by atoms with van der Waals surface area (Å²) in [6.07, 6.45) is 0.711. The zero-order valence-corrected chi connectivity index (χ0v) is 8.90. The van der Waals surface area contributed by atoms with Gasteiger partial charge >= 0.3 is 0 Å². The summed E-state index contributed by atoms with van der Waals surface area (Å²) >= 11 is 11.8. The third-order valence-electron chi connectivity index (χ3n) is 1.98. The molecule has 0 aliphatic heterocycles. The van der Waals surface area contributed by atoms with Gasteiger partial charge in [-0.15, -0.1) is 0 Å². The van der Waals surface area contributed by atoms with E-state index in [0.29, 0.717) is 28.6 Å². The predicted octanol–water partition coefficient (Wildman–Crippen LogP) is 3.24. The highest BCUT2D eigenvalue weighted by atomic mass is 35.5. The first-order valence-electron chi connectivity index (χ1n) is 4.28. The molecule has 0 atom stereocenters. The number of furan rings is 1. The van der Waals surface area contributed by atoms with Crippen LogP contribution in [0.4, 0.5) is 0 Å². The van der Waals surface area contributed by atoms with E-state index in [4.69, 9.17) is 33.4 Å². The molecule has 0 bridgehead atoms. The second kappa shape index (κ2) is 3.81. The van der Waals surface area contributed by atoms with Gasteiger partial charge in [0.15, 0.2) is 5.58 Å². The number of nitrogens with two attached hydrogens (primary N) is 1. The van der Waals surface area contributed by atoms with Crippen molar-refractivity contribution in [3.63, 3.8) is 0 Å². The third-order valence-corrected chi connectivity index (χ3v) is 2.48. The Morgan fingerprint density at radius 1 is 1.21 bits per heavy atom. The van der Waals surface area contributed by atoms with Crippen molar-refractivity contribution in [2.75, 3.05) is 6.54 Å². The molecule has 74 valence electrons. The van der Waals surface area contributed by atoms with Crippen molar-refractivity contribution >= 4 is 34.2 Å². The monoisotopic (exact) mass is 229 g/mol. The van der Waals surface area contributed by atoms with Crippen LogP contribution in [-0.4, -0.2) is 6.54 Å². The van der Waals surface area contributed by atoms with E-state index in [-0.39, 0.29) is 0 Å². The second-order valence-electron chi connectivity index (χ2n) is 3.06. The van der Waals surface area contributed by atoms with Crippen LogP contribution >= 0.6 is 23.2 Å². The van der Waals surface area contributed by atoms with Gasteiger partial charge in [-0.25, -0.2) is 0 Å². The van der Waals surface area contributed by atoms with E-state index < -0.39 is 0 Å². The summed E-state index contributed by atoms with van der Waals surface area (Å²) in [5.74, 6) is 0.840. The summed E-state index contributed by atoms with van der Waals surface area (Å²) in [5, 5.41) is 2.07. The lowest BCUT2D eigenvalue weighted by Crippen LogP contribution is -2.01. The van der Waals surface area contributed by atoms with Gasteiger partial charge < -0.3 is 10.2 Å². The fourth-order valence-electron chi connectivity index (χ4n) is 1.39. The Bertz CT molecular complexity index is 464. The highest BCUT2D eigenvalue weighted by Crippen LogP contribution is 2.30. The summed E-state index contributed by atoms with van der Waals surface area (Å²) in [5.41, 5.74) is 6.11. The lowest BCUT2D eigenvalue weighted by Gasteiger charge is -1.93. The molecule has 4 heteroatoms. The van der Waals surface area contributed by atoms with Crippen LogP contribution in [0, 0.1) is 0 Å². The number of fused-ring (bicyclic) bond motifs is 1. The Kier molecular flexibility index (Phi) is 2.68. The van der Waals surface area contributed by atoms with Crippen molar-refractivity contribution in [1.29, 1.82) is 0 Å². The van der Waals surface area contributed by atoms with Crippen molar-refractivity contribution in [2.24, 2.45) is 5.73 Å². The van der Waals surface area contributed by atoms with E-state index in [2.05, 4.69) is 0 Å². The van der Waals surface area contributed by atoms with Crippen molar-refractivity contribution in [3.05, 3.63) is 34.0 Å². The fourth-order valence-corrected chi connectivity index (χ4v) is 1.94. The SMILES string of the molecule is NCCc1cc2cc(Cl)cc(Cl)c2o1. The molecule has 0 spiro atoms. The van der Waals surface area contributed by atoms with E-state index in [1.165, 1.54) is 0 Å². The van der Waals surface area contributed by atoms with E-state index in [1.54, 1.807) is 6.07 Å². The number of halogens is 2. The molecular formula is C10H9Cl2NO. The molecule has 0 fully saturated rings. The minimum absolute atomic E-state index is 0.538. The van der Waals surface area contributed by atoms with Gasteiger partial charge in [-0.2, -0.15) is 0 Å². The number of rotatable bonds is 2. The maximum Gasteiger partial charge on any atom is 0.152 e. The maximum absolute atomic E-state index is 5.97. The predicted molar refractivity (Wildman–Crippen MR) is 59.0 cm³/mol. The van der Waals surface area contributed by atoms with Gasteiger partial charge in [0.1, 0.15) is 5.76 Å². The van der Waals surface area contributed by atoms with Gasteiger partial charge in [0.2, 0.25) is 0 Å². The molecule has 2 N–H and O–H groups in total. The van der Waals surface area contributed by atoms with Crippen LogP contribution in [0.25, 0.3) is 11.0 Å². The van der Waals surface area contributed by atoms with Gasteiger partial charge in [0.05, 0.1) is 5.02 Å². The summed E-state index contributed by atoms with van der Waals surface area (Å²) in [6, 6.07) is 5.41. The minimum atomic E-state index is 0.538. The highest BCUT2D eigenvalue weighted by molar-refractivity contribution is 6.38. The van der Waals surface area contributed by atoms with Crippen LogP contribution in [0.2, 0.25) is 10.0 Å². The maximum atomic E-state index is 5.97. The Morgan fingerprint density at radius 3 is 2.71 bits per heavy atom.